The fourth-order valence-corrected chi connectivity index (χ4v) is 2.41. The second kappa shape index (κ2) is 11.1. The first kappa shape index (κ1) is 16.3. The number of aliphatic hydroxyl groups is 1. The van der Waals surface area contributed by atoms with E-state index < -0.39 is 0 Å². The second-order valence-corrected chi connectivity index (χ2v) is 5.11. The highest BCUT2D eigenvalue weighted by Gasteiger charge is 2.08. The summed E-state index contributed by atoms with van der Waals surface area (Å²) in [5, 5.41) is 9.61. The molecule has 0 bridgehead atoms. The molecular weight excluding hydrogens is 300 g/mol. The molecule has 0 saturated carbocycles. The van der Waals surface area contributed by atoms with Crippen molar-refractivity contribution in [2.45, 2.75) is 0 Å². The fourth-order valence-electron chi connectivity index (χ4n) is 1.91. The summed E-state index contributed by atoms with van der Waals surface area (Å²) in [7, 11) is 0. The molecule has 0 aromatic carbocycles. The topological polar surface area (TPSA) is 45.2 Å². The average Bonchev–Trinajstić information content (AvgIpc) is 2.43. The van der Waals surface area contributed by atoms with Gasteiger partial charge in [-0.1, -0.05) is 15.9 Å². The summed E-state index contributed by atoms with van der Waals surface area (Å²) in [6, 6.07) is 0. The lowest BCUT2D eigenvalue weighted by Gasteiger charge is -2.25. The molecule has 0 amide bonds. The maximum Gasteiger partial charge on any atom is 0.0594 e. The van der Waals surface area contributed by atoms with Gasteiger partial charge in [0.2, 0.25) is 0 Å². The molecule has 108 valence electrons. The molecule has 18 heavy (non-hydrogen) atoms. The van der Waals surface area contributed by atoms with Crippen LogP contribution in [0.15, 0.2) is 0 Å². The number of morpholine rings is 2. The monoisotopic (exact) mass is 324 g/mol. The van der Waals surface area contributed by atoms with Gasteiger partial charge in [-0.05, 0) is 0 Å². The molecule has 0 atom stereocenters. The number of hydrogen-bond donors (Lipinski definition) is 1. The zero-order valence-corrected chi connectivity index (χ0v) is 12.6. The van der Waals surface area contributed by atoms with Crippen LogP contribution in [0.5, 0.6) is 0 Å². The summed E-state index contributed by atoms with van der Waals surface area (Å²) in [6.07, 6.45) is 0. The first-order chi connectivity index (χ1) is 8.86. The van der Waals surface area contributed by atoms with Crippen LogP contribution in [-0.4, -0.2) is 92.5 Å². The fraction of sp³-hybridized carbons (Fsp3) is 1.00. The van der Waals surface area contributed by atoms with Crippen molar-refractivity contribution in [3.05, 3.63) is 0 Å². The first-order valence-electron chi connectivity index (χ1n) is 6.64. The van der Waals surface area contributed by atoms with E-state index in [9.17, 15) is 0 Å². The molecule has 0 aliphatic carbocycles. The minimum atomic E-state index is 0.264. The van der Waals surface area contributed by atoms with E-state index in [0.29, 0.717) is 0 Å². The molecule has 0 unspecified atom stereocenters. The van der Waals surface area contributed by atoms with Gasteiger partial charge < -0.3 is 14.6 Å². The Balaban J connectivity index is 0.000000180. The molecule has 2 heterocycles. The summed E-state index contributed by atoms with van der Waals surface area (Å²) in [6.45, 7) is 9.82. The van der Waals surface area contributed by atoms with Crippen LogP contribution >= 0.6 is 15.9 Å². The summed E-state index contributed by atoms with van der Waals surface area (Å²) in [5.74, 6) is 0. The quantitative estimate of drug-likeness (QED) is 0.739. The Bertz CT molecular complexity index is 161. The molecule has 2 aliphatic rings. The standard InChI is InChI=1S/C6H12BrNO.C6H13NO2/c7-1-2-8-3-5-9-6-4-8;8-4-1-7-2-5-9-6-3-7/h1-6H2;8H,1-6H2. The van der Waals surface area contributed by atoms with E-state index in [-0.39, 0.29) is 6.61 Å². The molecule has 5 nitrogen and oxygen atoms in total. The predicted octanol–water partition coefficient (Wildman–Crippen LogP) is 0.0244. The summed E-state index contributed by atoms with van der Waals surface area (Å²) < 4.78 is 10.3. The zero-order chi connectivity index (χ0) is 13.1. The van der Waals surface area contributed by atoms with Crippen molar-refractivity contribution in [3.8, 4) is 0 Å². The lowest BCUT2D eigenvalue weighted by Crippen LogP contribution is -2.37. The van der Waals surface area contributed by atoms with Gasteiger partial charge in [-0.15, -0.1) is 0 Å². The van der Waals surface area contributed by atoms with Crippen molar-refractivity contribution in [1.82, 2.24) is 9.80 Å². The van der Waals surface area contributed by atoms with E-state index >= 15 is 0 Å². The SMILES string of the molecule is BrCCN1CCOCC1.OCCN1CCOCC1. The number of alkyl halides is 1. The third-order valence-electron chi connectivity index (χ3n) is 3.02. The van der Waals surface area contributed by atoms with Crippen molar-refractivity contribution in [2.24, 2.45) is 0 Å². The van der Waals surface area contributed by atoms with E-state index in [1.165, 1.54) is 0 Å². The highest BCUT2D eigenvalue weighted by molar-refractivity contribution is 9.09. The Kier molecular flexibility index (Phi) is 10.1. The highest BCUT2D eigenvalue weighted by atomic mass is 79.9. The number of hydrogen-bond acceptors (Lipinski definition) is 5. The van der Waals surface area contributed by atoms with Gasteiger partial charge in [-0.3, -0.25) is 9.80 Å². The van der Waals surface area contributed by atoms with Crippen molar-refractivity contribution in [2.75, 3.05) is 77.6 Å². The number of ether oxygens (including phenoxy) is 2. The lowest BCUT2D eigenvalue weighted by molar-refractivity contribution is 0.0306. The van der Waals surface area contributed by atoms with Gasteiger partial charge in [0.15, 0.2) is 0 Å². The molecule has 2 fully saturated rings. The Labute approximate surface area is 118 Å². The van der Waals surface area contributed by atoms with Gasteiger partial charge in [0.05, 0.1) is 33.0 Å². The van der Waals surface area contributed by atoms with Crippen LogP contribution in [0.25, 0.3) is 0 Å². The molecule has 2 aliphatic heterocycles. The van der Waals surface area contributed by atoms with Gasteiger partial charge in [0, 0.05) is 44.6 Å². The Morgan fingerprint density at radius 3 is 1.67 bits per heavy atom. The Hall–Kier alpha value is 0.280. The van der Waals surface area contributed by atoms with Crippen LogP contribution < -0.4 is 0 Å². The second-order valence-electron chi connectivity index (χ2n) is 4.32. The van der Waals surface area contributed by atoms with Gasteiger partial charge in [-0.25, -0.2) is 0 Å². The minimum Gasteiger partial charge on any atom is -0.395 e. The van der Waals surface area contributed by atoms with Crippen LogP contribution in [0.1, 0.15) is 0 Å². The van der Waals surface area contributed by atoms with E-state index in [4.69, 9.17) is 14.6 Å². The van der Waals surface area contributed by atoms with Crippen LogP contribution in [0, 0.1) is 0 Å². The number of aliphatic hydroxyl groups excluding tert-OH is 1. The van der Waals surface area contributed by atoms with Gasteiger partial charge in [0.1, 0.15) is 0 Å². The summed E-state index contributed by atoms with van der Waals surface area (Å²) in [4.78, 5) is 4.60. The number of rotatable bonds is 4. The van der Waals surface area contributed by atoms with Crippen LogP contribution in [0.3, 0.4) is 0 Å². The minimum absolute atomic E-state index is 0.264. The van der Waals surface area contributed by atoms with E-state index in [0.717, 1.165) is 71.0 Å². The van der Waals surface area contributed by atoms with Crippen molar-refractivity contribution >= 4 is 15.9 Å². The third-order valence-corrected chi connectivity index (χ3v) is 3.38. The maximum absolute atomic E-state index is 8.54. The summed E-state index contributed by atoms with van der Waals surface area (Å²) >= 11 is 3.40. The maximum atomic E-state index is 8.54. The molecule has 6 heteroatoms. The number of β-amino-alcohol motifs (C(OH)–C–C–N with tert-alkyl or cyclic N) is 1. The van der Waals surface area contributed by atoms with E-state index in [1.54, 1.807) is 0 Å². The van der Waals surface area contributed by atoms with Crippen LogP contribution in [-0.2, 0) is 9.47 Å². The molecule has 0 radical (unpaired) electrons. The Morgan fingerprint density at radius 2 is 1.28 bits per heavy atom. The van der Waals surface area contributed by atoms with Gasteiger partial charge in [0.25, 0.3) is 0 Å². The number of nitrogens with zero attached hydrogens (tertiary/aromatic N) is 2. The largest absolute Gasteiger partial charge is 0.395 e. The first-order valence-corrected chi connectivity index (χ1v) is 7.76. The predicted molar refractivity (Wildman–Crippen MR) is 75.4 cm³/mol. The van der Waals surface area contributed by atoms with Gasteiger partial charge >= 0.3 is 0 Å². The van der Waals surface area contributed by atoms with Gasteiger partial charge in [-0.2, -0.15) is 0 Å². The summed E-state index contributed by atoms with van der Waals surface area (Å²) in [5.41, 5.74) is 0. The molecule has 1 N–H and O–H groups in total. The van der Waals surface area contributed by atoms with Crippen molar-refractivity contribution in [1.29, 1.82) is 0 Å². The van der Waals surface area contributed by atoms with E-state index in [2.05, 4.69) is 25.7 Å². The molecular formula is C12H25BrN2O3. The molecule has 0 aromatic rings. The molecule has 2 rings (SSSR count). The van der Waals surface area contributed by atoms with Crippen LogP contribution in [0.2, 0.25) is 0 Å². The zero-order valence-electron chi connectivity index (χ0n) is 11.0. The van der Waals surface area contributed by atoms with Crippen LogP contribution in [0.4, 0.5) is 0 Å². The van der Waals surface area contributed by atoms with E-state index in [1.807, 2.05) is 0 Å². The average molecular weight is 325 g/mol. The molecule has 2 saturated heterocycles. The molecule has 0 aromatic heterocycles. The van der Waals surface area contributed by atoms with Crippen molar-refractivity contribution < 1.29 is 14.6 Å². The lowest BCUT2D eigenvalue weighted by atomic mass is 10.4. The number of halogens is 1. The normalized spacial score (nSPS) is 22.3. The third kappa shape index (κ3) is 7.66. The molecule has 0 spiro atoms. The highest BCUT2D eigenvalue weighted by Crippen LogP contribution is 1.96. The smallest absolute Gasteiger partial charge is 0.0594 e. The Morgan fingerprint density at radius 1 is 0.833 bits per heavy atom. The van der Waals surface area contributed by atoms with Crippen molar-refractivity contribution in [3.63, 3.8) is 0 Å².